The highest BCUT2D eigenvalue weighted by molar-refractivity contribution is 7.91. The van der Waals surface area contributed by atoms with Gasteiger partial charge >= 0.3 is 0 Å². The predicted octanol–water partition coefficient (Wildman–Crippen LogP) is 2.23. The van der Waals surface area contributed by atoms with Gasteiger partial charge in [0.05, 0.1) is 29.8 Å². The first-order chi connectivity index (χ1) is 11.9. The highest BCUT2D eigenvalue weighted by Gasteiger charge is 2.34. The Bertz CT molecular complexity index is 879. The van der Waals surface area contributed by atoms with E-state index in [2.05, 4.69) is 5.10 Å². The van der Waals surface area contributed by atoms with Crippen molar-refractivity contribution in [2.45, 2.75) is 25.9 Å². The van der Waals surface area contributed by atoms with E-state index < -0.39 is 9.84 Å². The van der Waals surface area contributed by atoms with Crippen molar-refractivity contribution in [3.63, 3.8) is 0 Å². The number of hydrogen-bond donors (Lipinski definition) is 0. The molecule has 6 nitrogen and oxygen atoms in total. The van der Waals surface area contributed by atoms with Gasteiger partial charge < -0.3 is 4.90 Å². The van der Waals surface area contributed by atoms with Gasteiger partial charge in [-0.1, -0.05) is 29.8 Å². The van der Waals surface area contributed by atoms with E-state index in [0.29, 0.717) is 30.1 Å². The summed E-state index contributed by atoms with van der Waals surface area (Å²) in [6.45, 7) is 2.79. The van der Waals surface area contributed by atoms with Gasteiger partial charge in [-0.3, -0.25) is 9.48 Å². The lowest BCUT2D eigenvalue weighted by Crippen LogP contribution is -2.40. The number of carbonyl (C=O) groups excluding carboxylic acids is 1. The molecule has 0 bridgehead atoms. The molecule has 1 aliphatic heterocycles. The van der Waals surface area contributed by atoms with Gasteiger partial charge in [-0.2, -0.15) is 5.10 Å². The molecule has 0 radical (unpaired) electrons. The fraction of sp³-hybridized carbons (Fsp3) is 0.412. The van der Waals surface area contributed by atoms with Crippen molar-refractivity contribution in [2.75, 3.05) is 18.1 Å². The summed E-state index contributed by atoms with van der Waals surface area (Å²) < 4.78 is 25.0. The molecule has 1 aromatic heterocycles. The minimum atomic E-state index is -3.04. The second-order valence-corrected chi connectivity index (χ2v) is 8.80. The Hall–Kier alpha value is -1.86. The molecule has 1 atom stereocenters. The van der Waals surface area contributed by atoms with Crippen LogP contribution in [0.2, 0.25) is 5.02 Å². The molecule has 1 unspecified atom stereocenters. The average molecular weight is 382 g/mol. The first-order valence-electron chi connectivity index (χ1n) is 8.17. The third-order valence-corrected chi connectivity index (χ3v) is 6.54. The van der Waals surface area contributed by atoms with E-state index in [1.807, 2.05) is 31.2 Å². The molecule has 0 aliphatic carbocycles. The van der Waals surface area contributed by atoms with Gasteiger partial charge in [-0.05, 0) is 25.0 Å². The number of aromatic nitrogens is 2. The van der Waals surface area contributed by atoms with Crippen LogP contribution in [0.25, 0.3) is 0 Å². The van der Waals surface area contributed by atoms with Crippen LogP contribution in [0.3, 0.4) is 0 Å². The lowest BCUT2D eigenvalue weighted by molar-refractivity contribution is 0.0708. The van der Waals surface area contributed by atoms with Crippen molar-refractivity contribution < 1.29 is 13.2 Å². The van der Waals surface area contributed by atoms with Crippen LogP contribution in [0.1, 0.15) is 29.3 Å². The summed E-state index contributed by atoms with van der Waals surface area (Å²) in [7, 11) is -3.04. The van der Waals surface area contributed by atoms with Gasteiger partial charge in [-0.15, -0.1) is 0 Å². The first-order valence-corrected chi connectivity index (χ1v) is 10.4. The molecule has 2 aromatic rings. The molecule has 25 heavy (non-hydrogen) atoms. The Morgan fingerprint density at radius 3 is 2.80 bits per heavy atom. The van der Waals surface area contributed by atoms with Crippen LogP contribution in [-0.2, 0) is 16.4 Å². The van der Waals surface area contributed by atoms with Crippen molar-refractivity contribution in [3.8, 4) is 0 Å². The van der Waals surface area contributed by atoms with Crippen LogP contribution in [0.15, 0.2) is 36.7 Å². The minimum Gasteiger partial charge on any atom is -0.335 e. The lowest BCUT2D eigenvalue weighted by Gasteiger charge is -2.26. The number of nitrogens with zero attached hydrogens (tertiary/aromatic N) is 3. The van der Waals surface area contributed by atoms with E-state index >= 15 is 0 Å². The number of benzene rings is 1. The van der Waals surface area contributed by atoms with Crippen molar-refractivity contribution >= 4 is 27.3 Å². The third kappa shape index (κ3) is 4.04. The molecule has 8 heteroatoms. The predicted molar refractivity (Wildman–Crippen MR) is 96.6 cm³/mol. The zero-order valence-electron chi connectivity index (χ0n) is 13.9. The maximum atomic E-state index is 12.8. The normalized spacial score (nSPS) is 19.0. The molecule has 2 heterocycles. The molecule has 1 fully saturated rings. The van der Waals surface area contributed by atoms with Crippen molar-refractivity contribution in [1.29, 1.82) is 0 Å². The number of halogens is 1. The van der Waals surface area contributed by atoms with Crippen LogP contribution in [-0.4, -0.2) is 53.1 Å². The molecule has 0 spiro atoms. The van der Waals surface area contributed by atoms with Gasteiger partial charge in [0, 0.05) is 23.8 Å². The number of amides is 1. The maximum absolute atomic E-state index is 12.8. The first kappa shape index (κ1) is 17.9. The number of sulfone groups is 1. The quantitative estimate of drug-likeness (QED) is 0.796. The van der Waals surface area contributed by atoms with E-state index in [0.717, 1.165) is 5.56 Å². The van der Waals surface area contributed by atoms with E-state index in [-0.39, 0.29) is 23.5 Å². The second kappa shape index (κ2) is 7.17. The van der Waals surface area contributed by atoms with Crippen molar-refractivity contribution in [3.05, 3.63) is 52.8 Å². The molecule has 1 aromatic carbocycles. The average Bonchev–Trinajstić information content (AvgIpc) is 3.17. The van der Waals surface area contributed by atoms with Gasteiger partial charge in [-0.25, -0.2) is 8.42 Å². The van der Waals surface area contributed by atoms with Crippen LogP contribution in [0.4, 0.5) is 0 Å². The standard InChI is InChI=1S/C17H20ClN3O3S/c1-2-21(15-7-8-25(23,24)12-15)17(22)14-9-19-20(11-14)10-13-5-3-4-6-16(13)18/h3-6,9,11,15H,2,7-8,10,12H2,1H3. The van der Waals surface area contributed by atoms with Gasteiger partial charge in [0.1, 0.15) is 0 Å². The summed E-state index contributed by atoms with van der Waals surface area (Å²) in [4.78, 5) is 14.4. The molecular formula is C17H20ClN3O3S. The fourth-order valence-corrected chi connectivity index (χ4v) is 5.04. The Morgan fingerprint density at radius 2 is 2.16 bits per heavy atom. The summed E-state index contributed by atoms with van der Waals surface area (Å²) in [5.41, 5.74) is 1.37. The Balaban J connectivity index is 1.74. The number of rotatable bonds is 5. The van der Waals surface area contributed by atoms with Crippen LogP contribution >= 0.6 is 11.6 Å². The van der Waals surface area contributed by atoms with Crippen LogP contribution in [0.5, 0.6) is 0 Å². The molecular weight excluding hydrogens is 362 g/mol. The summed E-state index contributed by atoms with van der Waals surface area (Å²) >= 11 is 6.16. The SMILES string of the molecule is CCN(C(=O)c1cnn(Cc2ccccc2Cl)c1)C1CCS(=O)(=O)C1. The largest absolute Gasteiger partial charge is 0.335 e. The van der Waals surface area contributed by atoms with Crippen LogP contribution in [0, 0.1) is 0 Å². The summed E-state index contributed by atoms with van der Waals surface area (Å²) in [5.74, 6) is 0.00287. The molecule has 0 N–H and O–H groups in total. The Morgan fingerprint density at radius 1 is 1.40 bits per heavy atom. The highest BCUT2D eigenvalue weighted by Crippen LogP contribution is 2.20. The van der Waals surface area contributed by atoms with E-state index in [9.17, 15) is 13.2 Å². The van der Waals surface area contributed by atoms with E-state index in [1.54, 1.807) is 15.8 Å². The Labute approximate surface area is 152 Å². The van der Waals surface area contributed by atoms with Gasteiger partial charge in [0.2, 0.25) is 0 Å². The van der Waals surface area contributed by atoms with Crippen molar-refractivity contribution in [2.24, 2.45) is 0 Å². The molecule has 0 saturated carbocycles. The smallest absolute Gasteiger partial charge is 0.257 e. The summed E-state index contributed by atoms with van der Waals surface area (Å²) in [6, 6.07) is 7.22. The molecule has 1 saturated heterocycles. The number of hydrogen-bond acceptors (Lipinski definition) is 4. The summed E-state index contributed by atoms with van der Waals surface area (Å²) in [5, 5.41) is 4.89. The zero-order valence-corrected chi connectivity index (χ0v) is 15.5. The monoisotopic (exact) mass is 381 g/mol. The highest BCUT2D eigenvalue weighted by atomic mass is 35.5. The molecule has 3 rings (SSSR count). The zero-order chi connectivity index (χ0) is 18.0. The third-order valence-electron chi connectivity index (χ3n) is 4.42. The van der Waals surface area contributed by atoms with Gasteiger partial charge in [0.25, 0.3) is 5.91 Å². The van der Waals surface area contributed by atoms with E-state index in [4.69, 9.17) is 11.6 Å². The molecule has 1 amide bonds. The minimum absolute atomic E-state index is 0.0420. The topological polar surface area (TPSA) is 72.3 Å². The van der Waals surface area contributed by atoms with Crippen molar-refractivity contribution in [1.82, 2.24) is 14.7 Å². The summed E-state index contributed by atoms with van der Waals surface area (Å²) in [6.07, 6.45) is 3.69. The molecule has 134 valence electrons. The maximum Gasteiger partial charge on any atom is 0.257 e. The second-order valence-electron chi connectivity index (χ2n) is 6.17. The number of carbonyl (C=O) groups is 1. The van der Waals surface area contributed by atoms with Crippen LogP contribution < -0.4 is 0 Å². The Kier molecular flexibility index (Phi) is 5.15. The van der Waals surface area contributed by atoms with E-state index in [1.165, 1.54) is 6.20 Å². The fourth-order valence-electron chi connectivity index (χ4n) is 3.12. The van der Waals surface area contributed by atoms with Gasteiger partial charge in [0.15, 0.2) is 9.84 Å². The molecule has 1 aliphatic rings. The lowest BCUT2D eigenvalue weighted by atomic mass is 10.2.